The fraction of sp³-hybridized carbons (Fsp3) is 0.429. The molecule has 0 aliphatic carbocycles. The SMILES string of the molecule is CCOC(=O)CC(O)C(O)c1ccc(C(=O)O)c(OC)c1. The van der Waals surface area contributed by atoms with E-state index in [2.05, 4.69) is 4.74 Å². The van der Waals surface area contributed by atoms with Crippen molar-refractivity contribution >= 4 is 11.9 Å². The second-order valence-electron chi connectivity index (χ2n) is 4.29. The Morgan fingerprint density at radius 2 is 1.95 bits per heavy atom. The molecule has 0 saturated heterocycles. The Morgan fingerprint density at radius 1 is 1.29 bits per heavy atom. The van der Waals surface area contributed by atoms with Crippen LogP contribution >= 0.6 is 0 Å². The van der Waals surface area contributed by atoms with Crippen LogP contribution in [-0.4, -0.2) is 47.1 Å². The summed E-state index contributed by atoms with van der Waals surface area (Å²) in [6.07, 6.45) is -3.08. The van der Waals surface area contributed by atoms with Crippen molar-refractivity contribution in [3.05, 3.63) is 29.3 Å². The van der Waals surface area contributed by atoms with Crippen molar-refractivity contribution < 1.29 is 34.4 Å². The zero-order chi connectivity index (χ0) is 16.0. The molecule has 21 heavy (non-hydrogen) atoms. The molecule has 116 valence electrons. The Hall–Kier alpha value is -2.12. The van der Waals surface area contributed by atoms with E-state index in [1.807, 2.05) is 0 Å². The van der Waals surface area contributed by atoms with Crippen LogP contribution in [0, 0.1) is 0 Å². The summed E-state index contributed by atoms with van der Waals surface area (Å²) in [6.45, 7) is 1.82. The molecule has 1 rings (SSSR count). The van der Waals surface area contributed by atoms with Gasteiger partial charge in [-0.1, -0.05) is 6.07 Å². The molecule has 0 aliphatic heterocycles. The average Bonchev–Trinajstić information content (AvgIpc) is 2.45. The average molecular weight is 298 g/mol. The highest BCUT2D eigenvalue weighted by molar-refractivity contribution is 5.91. The van der Waals surface area contributed by atoms with E-state index in [1.54, 1.807) is 6.92 Å². The molecular formula is C14H18O7. The number of carboxylic acid groups (broad SMARTS) is 1. The van der Waals surface area contributed by atoms with Gasteiger partial charge in [0, 0.05) is 0 Å². The van der Waals surface area contributed by atoms with Gasteiger partial charge in [0.15, 0.2) is 0 Å². The molecule has 0 amide bonds. The minimum atomic E-state index is -1.36. The summed E-state index contributed by atoms with van der Waals surface area (Å²) in [4.78, 5) is 22.2. The first-order valence-corrected chi connectivity index (χ1v) is 6.33. The summed E-state index contributed by atoms with van der Waals surface area (Å²) in [5.41, 5.74) is 0.182. The zero-order valence-electron chi connectivity index (χ0n) is 11.8. The van der Waals surface area contributed by atoms with Gasteiger partial charge in [-0.3, -0.25) is 4.79 Å². The van der Waals surface area contributed by atoms with Crippen LogP contribution in [-0.2, 0) is 9.53 Å². The molecule has 0 aliphatic rings. The van der Waals surface area contributed by atoms with Crippen LogP contribution in [0.3, 0.4) is 0 Å². The summed E-state index contributed by atoms with van der Waals surface area (Å²) < 4.78 is 9.61. The molecule has 0 fully saturated rings. The van der Waals surface area contributed by atoms with Gasteiger partial charge in [-0.15, -0.1) is 0 Å². The number of aromatic carboxylic acids is 1. The molecule has 0 bridgehead atoms. The van der Waals surface area contributed by atoms with Gasteiger partial charge >= 0.3 is 11.9 Å². The van der Waals surface area contributed by atoms with Gasteiger partial charge < -0.3 is 24.8 Å². The molecule has 1 aromatic rings. The number of benzene rings is 1. The topological polar surface area (TPSA) is 113 Å². The van der Waals surface area contributed by atoms with Crippen LogP contribution < -0.4 is 4.74 Å². The van der Waals surface area contributed by atoms with Crippen LogP contribution in [0.15, 0.2) is 18.2 Å². The first-order valence-electron chi connectivity index (χ1n) is 6.33. The number of rotatable bonds is 7. The summed E-state index contributed by atoms with van der Waals surface area (Å²) in [7, 11) is 1.30. The number of esters is 1. The number of carboxylic acids is 1. The van der Waals surface area contributed by atoms with Crippen LogP contribution in [0.4, 0.5) is 0 Å². The fourth-order valence-electron chi connectivity index (χ4n) is 1.79. The zero-order valence-corrected chi connectivity index (χ0v) is 11.8. The molecule has 0 heterocycles. The maximum absolute atomic E-state index is 11.3. The Bertz CT molecular complexity index is 512. The van der Waals surface area contributed by atoms with Crippen LogP contribution in [0.2, 0.25) is 0 Å². The van der Waals surface area contributed by atoms with Crippen molar-refractivity contribution in [3.63, 3.8) is 0 Å². The van der Waals surface area contributed by atoms with E-state index < -0.39 is 24.1 Å². The highest BCUT2D eigenvalue weighted by Gasteiger charge is 2.23. The molecule has 0 saturated carbocycles. The number of ether oxygens (including phenoxy) is 2. The number of aliphatic hydroxyl groups is 2. The lowest BCUT2D eigenvalue weighted by molar-refractivity contribution is -0.147. The molecule has 3 N–H and O–H groups in total. The van der Waals surface area contributed by atoms with Gasteiger partial charge in [0.1, 0.15) is 17.4 Å². The number of hydrogen-bond donors (Lipinski definition) is 3. The molecule has 0 spiro atoms. The number of carbonyl (C=O) groups is 2. The molecule has 7 heteroatoms. The molecule has 1 aromatic carbocycles. The Balaban J connectivity index is 2.89. The van der Waals surface area contributed by atoms with Gasteiger partial charge in [-0.05, 0) is 24.6 Å². The van der Waals surface area contributed by atoms with Gasteiger partial charge in [-0.25, -0.2) is 4.79 Å². The maximum atomic E-state index is 11.3. The highest BCUT2D eigenvalue weighted by atomic mass is 16.5. The van der Waals surface area contributed by atoms with Gasteiger partial charge in [0.2, 0.25) is 0 Å². The van der Waals surface area contributed by atoms with Crippen LogP contribution in [0.1, 0.15) is 35.4 Å². The third-order valence-corrected chi connectivity index (χ3v) is 2.84. The lowest BCUT2D eigenvalue weighted by Crippen LogP contribution is -2.23. The van der Waals surface area contributed by atoms with E-state index in [9.17, 15) is 19.8 Å². The van der Waals surface area contributed by atoms with Gasteiger partial charge in [0.25, 0.3) is 0 Å². The molecule has 0 radical (unpaired) electrons. The Morgan fingerprint density at radius 3 is 2.48 bits per heavy atom. The second kappa shape index (κ2) is 7.61. The van der Waals surface area contributed by atoms with Crippen molar-refractivity contribution in [2.75, 3.05) is 13.7 Å². The number of hydrogen-bond acceptors (Lipinski definition) is 6. The summed E-state index contributed by atoms with van der Waals surface area (Å²) in [6, 6.07) is 3.92. The summed E-state index contributed by atoms with van der Waals surface area (Å²) in [5.74, 6) is -1.74. The first-order chi connectivity index (χ1) is 9.90. The second-order valence-corrected chi connectivity index (χ2v) is 4.29. The lowest BCUT2D eigenvalue weighted by atomic mass is 10.00. The predicted octanol–water partition coefficient (Wildman–Crippen LogP) is 0.741. The highest BCUT2D eigenvalue weighted by Crippen LogP contribution is 2.26. The van der Waals surface area contributed by atoms with Crippen molar-refractivity contribution in [1.82, 2.24) is 0 Å². The predicted molar refractivity (Wildman–Crippen MR) is 72.2 cm³/mol. The minimum absolute atomic E-state index is 0.0578. The van der Waals surface area contributed by atoms with Gasteiger partial charge in [0.05, 0.1) is 26.2 Å². The van der Waals surface area contributed by atoms with E-state index in [0.717, 1.165) is 0 Å². The van der Waals surface area contributed by atoms with Crippen LogP contribution in [0.5, 0.6) is 5.75 Å². The fourth-order valence-corrected chi connectivity index (χ4v) is 1.79. The third-order valence-electron chi connectivity index (χ3n) is 2.84. The van der Waals surface area contributed by atoms with Crippen LogP contribution in [0.25, 0.3) is 0 Å². The molecule has 2 unspecified atom stereocenters. The number of carbonyl (C=O) groups excluding carboxylic acids is 1. The molecule has 0 aromatic heterocycles. The number of methoxy groups -OCH3 is 1. The first kappa shape index (κ1) is 16.9. The standard InChI is InChI=1S/C14H18O7/c1-3-21-12(16)7-10(15)13(17)8-4-5-9(14(18)19)11(6-8)20-2/h4-6,10,13,15,17H,3,7H2,1-2H3,(H,18,19). The van der Waals surface area contributed by atoms with Crippen molar-refractivity contribution in [2.24, 2.45) is 0 Å². The van der Waals surface area contributed by atoms with E-state index in [4.69, 9.17) is 9.84 Å². The van der Waals surface area contributed by atoms with Crippen molar-refractivity contribution in [2.45, 2.75) is 25.6 Å². The van der Waals surface area contributed by atoms with Crippen molar-refractivity contribution in [1.29, 1.82) is 0 Å². The Kier molecular flexibility index (Phi) is 6.13. The quantitative estimate of drug-likeness (QED) is 0.636. The number of aliphatic hydroxyl groups excluding tert-OH is 2. The molecular weight excluding hydrogens is 280 g/mol. The van der Waals surface area contributed by atoms with E-state index in [0.29, 0.717) is 0 Å². The van der Waals surface area contributed by atoms with E-state index in [-0.39, 0.29) is 29.9 Å². The van der Waals surface area contributed by atoms with Gasteiger partial charge in [-0.2, -0.15) is 0 Å². The minimum Gasteiger partial charge on any atom is -0.496 e. The van der Waals surface area contributed by atoms with E-state index >= 15 is 0 Å². The molecule has 2 atom stereocenters. The summed E-state index contributed by atoms with van der Waals surface area (Å²) in [5, 5.41) is 28.8. The largest absolute Gasteiger partial charge is 0.496 e. The Labute approximate surface area is 121 Å². The molecule has 7 nitrogen and oxygen atoms in total. The summed E-state index contributed by atoms with van der Waals surface area (Å²) >= 11 is 0. The third kappa shape index (κ3) is 4.44. The van der Waals surface area contributed by atoms with E-state index in [1.165, 1.54) is 25.3 Å². The smallest absolute Gasteiger partial charge is 0.339 e. The maximum Gasteiger partial charge on any atom is 0.339 e. The monoisotopic (exact) mass is 298 g/mol. The van der Waals surface area contributed by atoms with Crippen molar-refractivity contribution in [3.8, 4) is 5.75 Å². The lowest BCUT2D eigenvalue weighted by Gasteiger charge is -2.18. The normalized spacial score (nSPS) is 13.3.